The van der Waals surface area contributed by atoms with E-state index in [0.29, 0.717) is 6.61 Å². The van der Waals surface area contributed by atoms with Crippen LogP contribution in [0.5, 0.6) is 0 Å². The maximum absolute atomic E-state index is 5.27. The van der Waals surface area contributed by atoms with Gasteiger partial charge in [-0.2, -0.15) is 0 Å². The molecule has 2 rings (SSSR count). The topological polar surface area (TPSA) is 30.8 Å². The van der Waals surface area contributed by atoms with Crippen LogP contribution in [0.1, 0.15) is 17.4 Å². The zero-order valence-electron chi connectivity index (χ0n) is 8.36. The van der Waals surface area contributed by atoms with Gasteiger partial charge in [-0.05, 0) is 0 Å². The van der Waals surface area contributed by atoms with E-state index in [1.54, 1.807) is 14.2 Å². The number of aliphatic imine (C=N–C) groups is 1. The summed E-state index contributed by atoms with van der Waals surface area (Å²) in [6.45, 7) is 0.539. The highest BCUT2D eigenvalue weighted by molar-refractivity contribution is 6.04. The monoisotopic (exact) mass is 191 g/mol. The molecule has 1 aromatic carbocycles. The van der Waals surface area contributed by atoms with Gasteiger partial charge in [0.25, 0.3) is 0 Å². The Morgan fingerprint density at radius 2 is 2.07 bits per heavy atom. The molecule has 0 aromatic heterocycles. The van der Waals surface area contributed by atoms with E-state index in [2.05, 4.69) is 4.99 Å². The molecule has 74 valence electrons. The van der Waals surface area contributed by atoms with Crippen molar-refractivity contribution in [1.82, 2.24) is 0 Å². The second kappa shape index (κ2) is 3.90. The van der Waals surface area contributed by atoms with Crippen LogP contribution in [0.3, 0.4) is 0 Å². The van der Waals surface area contributed by atoms with Gasteiger partial charge in [-0.15, -0.1) is 0 Å². The van der Waals surface area contributed by atoms with Crippen LogP contribution < -0.4 is 0 Å². The Bertz CT molecular complexity index is 360. The fourth-order valence-electron chi connectivity index (χ4n) is 1.69. The van der Waals surface area contributed by atoms with Crippen molar-refractivity contribution in [3.63, 3.8) is 0 Å². The molecule has 1 unspecified atom stereocenters. The molecule has 0 fully saturated rings. The minimum absolute atomic E-state index is 0.156. The fraction of sp³-hybridized carbons (Fsp3) is 0.364. The summed E-state index contributed by atoms with van der Waals surface area (Å²) in [6, 6.07) is 8.08. The fourth-order valence-corrected chi connectivity index (χ4v) is 1.69. The molecule has 0 spiro atoms. The molecule has 0 bridgehead atoms. The third kappa shape index (κ3) is 1.45. The van der Waals surface area contributed by atoms with Crippen molar-refractivity contribution in [1.29, 1.82) is 0 Å². The summed E-state index contributed by atoms with van der Waals surface area (Å²) in [5, 5.41) is 0. The third-order valence-electron chi connectivity index (χ3n) is 2.32. The standard InChI is InChI=1S/C11H13NO2/c1-13-7-10-8-5-3-4-6-9(8)11(12-10)14-2/h3-6,11H,7H2,1-2H3. The molecule has 1 aliphatic heterocycles. The molecule has 14 heavy (non-hydrogen) atoms. The number of hydrogen-bond donors (Lipinski definition) is 0. The molecule has 0 amide bonds. The average molecular weight is 191 g/mol. The largest absolute Gasteiger partial charge is 0.378 e. The molecular weight excluding hydrogens is 178 g/mol. The third-order valence-corrected chi connectivity index (χ3v) is 2.32. The molecule has 3 heteroatoms. The summed E-state index contributed by atoms with van der Waals surface area (Å²) in [5.41, 5.74) is 3.23. The molecule has 1 aliphatic rings. The minimum Gasteiger partial charge on any atom is -0.378 e. The number of benzene rings is 1. The van der Waals surface area contributed by atoms with Gasteiger partial charge in [-0.1, -0.05) is 24.3 Å². The van der Waals surface area contributed by atoms with Gasteiger partial charge >= 0.3 is 0 Å². The Morgan fingerprint density at radius 3 is 2.79 bits per heavy atom. The van der Waals surface area contributed by atoms with Crippen LogP contribution in [-0.2, 0) is 9.47 Å². The minimum atomic E-state index is -0.156. The summed E-state index contributed by atoms with van der Waals surface area (Å²) in [7, 11) is 3.34. The highest BCUT2D eigenvalue weighted by Crippen LogP contribution is 2.29. The smallest absolute Gasteiger partial charge is 0.174 e. The van der Waals surface area contributed by atoms with Crippen LogP contribution in [0.2, 0.25) is 0 Å². The Labute approximate surface area is 83.4 Å². The summed E-state index contributed by atoms with van der Waals surface area (Å²) in [5.74, 6) is 0. The first-order chi connectivity index (χ1) is 6.86. The number of nitrogens with zero attached hydrogens (tertiary/aromatic N) is 1. The van der Waals surface area contributed by atoms with Gasteiger partial charge in [0.1, 0.15) is 0 Å². The van der Waals surface area contributed by atoms with Crippen molar-refractivity contribution >= 4 is 5.71 Å². The van der Waals surface area contributed by atoms with Crippen LogP contribution in [0.25, 0.3) is 0 Å². The lowest BCUT2D eigenvalue weighted by Crippen LogP contribution is -2.05. The van der Waals surface area contributed by atoms with E-state index in [1.165, 1.54) is 0 Å². The van der Waals surface area contributed by atoms with E-state index < -0.39 is 0 Å². The van der Waals surface area contributed by atoms with E-state index in [4.69, 9.17) is 9.47 Å². The predicted octanol–water partition coefficient (Wildman–Crippen LogP) is 1.78. The lowest BCUT2D eigenvalue weighted by atomic mass is 10.1. The van der Waals surface area contributed by atoms with Crippen molar-refractivity contribution in [2.75, 3.05) is 20.8 Å². The van der Waals surface area contributed by atoms with Crippen LogP contribution >= 0.6 is 0 Å². The van der Waals surface area contributed by atoms with E-state index in [1.807, 2.05) is 24.3 Å². The van der Waals surface area contributed by atoms with Gasteiger partial charge in [0.05, 0.1) is 12.3 Å². The first kappa shape index (κ1) is 9.37. The highest BCUT2D eigenvalue weighted by atomic mass is 16.5. The quantitative estimate of drug-likeness (QED) is 0.729. The molecule has 0 saturated carbocycles. The normalized spacial score (nSPS) is 19.3. The van der Waals surface area contributed by atoms with Gasteiger partial charge < -0.3 is 9.47 Å². The van der Waals surface area contributed by atoms with Crippen LogP contribution in [0.4, 0.5) is 0 Å². The van der Waals surface area contributed by atoms with Crippen molar-refractivity contribution in [2.24, 2.45) is 4.99 Å². The van der Waals surface area contributed by atoms with Crippen molar-refractivity contribution < 1.29 is 9.47 Å². The molecular formula is C11H13NO2. The molecule has 0 saturated heterocycles. The van der Waals surface area contributed by atoms with Crippen LogP contribution in [0.15, 0.2) is 29.3 Å². The SMILES string of the molecule is COCC1=NC(OC)c2ccccc21. The summed E-state index contributed by atoms with van der Waals surface area (Å²) < 4.78 is 10.4. The number of hydrogen-bond acceptors (Lipinski definition) is 3. The first-order valence-electron chi connectivity index (χ1n) is 4.54. The predicted molar refractivity (Wildman–Crippen MR) is 54.6 cm³/mol. The maximum Gasteiger partial charge on any atom is 0.174 e. The maximum atomic E-state index is 5.27. The summed E-state index contributed by atoms with van der Waals surface area (Å²) in [6.07, 6.45) is -0.156. The van der Waals surface area contributed by atoms with Crippen molar-refractivity contribution in [3.8, 4) is 0 Å². The first-order valence-corrected chi connectivity index (χ1v) is 4.54. The molecule has 1 atom stereocenters. The zero-order chi connectivity index (χ0) is 9.97. The lowest BCUT2D eigenvalue weighted by Gasteiger charge is -2.05. The van der Waals surface area contributed by atoms with Crippen LogP contribution in [-0.4, -0.2) is 26.5 Å². The Morgan fingerprint density at radius 1 is 1.29 bits per heavy atom. The van der Waals surface area contributed by atoms with Crippen LogP contribution in [0, 0.1) is 0 Å². The van der Waals surface area contributed by atoms with Gasteiger partial charge in [0.2, 0.25) is 0 Å². The Hall–Kier alpha value is -1.19. The van der Waals surface area contributed by atoms with Gasteiger partial charge in [-0.25, -0.2) is 0 Å². The van der Waals surface area contributed by atoms with E-state index in [9.17, 15) is 0 Å². The molecule has 0 radical (unpaired) electrons. The second-order valence-corrected chi connectivity index (χ2v) is 3.18. The molecule has 1 aromatic rings. The zero-order valence-corrected chi connectivity index (χ0v) is 8.36. The molecule has 0 N–H and O–H groups in total. The Kier molecular flexibility index (Phi) is 2.61. The molecule has 0 aliphatic carbocycles. The Balaban J connectivity index is 2.38. The number of methoxy groups -OCH3 is 2. The lowest BCUT2D eigenvalue weighted by molar-refractivity contribution is 0.114. The highest BCUT2D eigenvalue weighted by Gasteiger charge is 2.23. The van der Waals surface area contributed by atoms with Crippen molar-refractivity contribution in [2.45, 2.75) is 6.23 Å². The molecule has 3 nitrogen and oxygen atoms in total. The van der Waals surface area contributed by atoms with Gasteiger partial charge in [0.15, 0.2) is 6.23 Å². The summed E-state index contributed by atoms with van der Waals surface area (Å²) >= 11 is 0. The van der Waals surface area contributed by atoms with Gasteiger partial charge in [-0.3, -0.25) is 4.99 Å². The van der Waals surface area contributed by atoms with Crippen molar-refractivity contribution in [3.05, 3.63) is 35.4 Å². The van der Waals surface area contributed by atoms with Gasteiger partial charge in [0, 0.05) is 25.3 Å². The van der Waals surface area contributed by atoms with E-state index in [0.717, 1.165) is 16.8 Å². The average Bonchev–Trinajstić information content (AvgIpc) is 2.58. The molecule has 1 heterocycles. The number of fused-ring (bicyclic) bond motifs is 1. The second-order valence-electron chi connectivity index (χ2n) is 3.18. The van der Waals surface area contributed by atoms with E-state index in [-0.39, 0.29) is 6.23 Å². The van der Waals surface area contributed by atoms with E-state index >= 15 is 0 Å². The number of rotatable bonds is 3. The number of ether oxygens (including phenoxy) is 2. The summed E-state index contributed by atoms with van der Waals surface area (Å²) in [4.78, 5) is 4.43.